The monoisotopic (exact) mass is 321 g/mol. The molecule has 0 saturated heterocycles. The van der Waals surface area contributed by atoms with Crippen molar-refractivity contribution in [3.05, 3.63) is 0 Å². The molecule has 0 spiro atoms. The molecule has 1 rings (SSSR count). The number of nitrogens with zero attached hydrogens (tertiary/aromatic N) is 1. The van der Waals surface area contributed by atoms with Gasteiger partial charge in [-0.05, 0) is 25.3 Å². The van der Waals surface area contributed by atoms with Crippen molar-refractivity contribution in [3.63, 3.8) is 0 Å². The van der Waals surface area contributed by atoms with Crippen LogP contribution >= 0.6 is 15.9 Å². The smallest absolute Gasteiger partial charge is 0.0698 e. The van der Waals surface area contributed by atoms with E-state index in [1.54, 1.807) is 0 Å². The third-order valence-corrected chi connectivity index (χ3v) is 5.10. The molecule has 0 amide bonds. The fourth-order valence-corrected chi connectivity index (χ4v) is 3.59. The van der Waals surface area contributed by atoms with E-state index in [0.717, 1.165) is 25.0 Å². The second-order valence-electron chi connectivity index (χ2n) is 5.62. The SMILES string of the molecule is CN(CCOCCO)CC1(CBr)CCCCCC1. The standard InChI is InChI=1S/C14H28BrNO2/c1-16(8-10-18-11-9-17)13-14(12-15)6-4-2-3-5-7-14/h17H,2-13H2,1H3. The Labute approximate surface area is 120 Å². The van der Waals surface area contributed by atoms with Gasteiger partial charge in [0.2, 0.25) is 0 Å². The van der Waals surface area contributed by atoms with Gasteiger partial charge in [0.25, 0.3) is 0 Å². The van der Waals surface area contributed by atoms with Gasteiger partial charge in [0.15, 0.2) is 0 Å². The minimum atomic E-state index is 0.120. The molecule has 0 unspecified atom stereocenters. The van der Waals surface area contributed by atoms with Crippen LogP contribution in [0.2, 0.25) is 0 Å². The zero-order valence-electron chi connectivity index (χ0n) is 11.7. The lowest BCUT2D eigenvalue weighted by molar-refractivity contribution is 0.0685. The maximum absolute atomic E-state index is 8.66. The molecule has 0 aliphatic heterocycles. The summed E-state index contributed by atoms with van der Waals surface area (Å²) < 4.78 is 5.33. The molecule has 1 fully saturated rings. The Morgan fingerprint density at radius 1 is 1.17 bits per heavy atom. The maximum atomic E-state index is 8.66. The quantitative estimate of drug-likeness (QED) is 0.424. The molecule has 0 bridgehead atoms. The lowest BCUT2D eigenvalue weighted by Gasteiger charge is -2.35. The van der Waals surface area contributed by atoms with Crippen molar-refractivity contribution in [2.45, 2.75) is 38.5 Å². The first-order valence-corrected chi connectivity index (χ1v) is 8.28. The molecular formula is C14H28BrNO2. The van der Waals surface area contributed by atoms with Gasteiger partial charge >= 0.3 is 0 Å². The summed E-state index contributed by atoms with van der Waals surface area (Å²) in [6.07, 6.45) is 8.25. The highest BCUT2D eigenvalue weighted by Crippen LogP contribution is 2.37. The molecule has 18 heavy (non-hydrogen) atoms. The molecule has 3 nitrogen and oxygen atoms in total. The highest BCUT2D eigenvalue weighted by Gasteiger charge is 2.30. The first-order chi connectivity index (χ1) is 8.72. The van der Waals surface area contributed by atoms with Gasteiger partial charge in [-0.3, -0.25) is 0 Å². The lowest BCUT2D eigenvalue weighted by Crippen LogP contribution is -2.38. The topological polar surface area (TPSA) is 32.7 Å². The summed E-state index contributed by atoms with van der Waals surface area (Å²) in [6, 6.07) is 0. The average Bonchev–Trinajstić information content (AvgIpc) is 2.61. The largest absolute Gasteiger partial charge is 0.394 e. The van der Waals surface area contributed by atoms with Crippen LogP contribution in [0.1, 0.15) is 38.5 Å². The van der Waals surface area contributed by atoms with E-state index >= 15 is 0 Å². The lowest BCUT2D eigenvalue weighted by atomic mass is 9.82. The Morgan fingerprint density at radius 3 is 2.39 bits per heavy atom. The highest BCUT2D eigenvalue weighted by atomic mass is 79.9. The van der Waals surface area contributed by atoms with Crippen LogP contribution in [0, 0.1) is 5.41 Å². The molecule has 0 aromatic heterocycles. The van der Waals surface area contributed by atoms with Crippen molar-refractivity contribution in [3.8, 4) is 0 Å². The third kappa shape index (κ3) is 6.00. The number of aliphatic hydroxyl groups is 1. The molecule has 0 radical (unpaired) electrons. The van der Waals surface area contributed by atoms with E-state index in [4.69, 9.17) is 9.84 Å². The van der Waals surface area contributed by atoms with Gasteiger partial charge in [-0.15, -0.1) is 0 Å². The molecule has 0 aromatic rings. The average molecular weight is 322 g/mol. The third-order valence-electron chi connectivity index (χ3n) is 3.91. The zero-order valence-corrected chi connectivity index (χ0v) is 13.3. The van der Waals surface area contributed by atoms with Crippen molar-refractivity contribution < 1.29 is 9.84 Å². The van der Waals surface area contributed by atoms with Crippen LogP contribution in [-0.2, 0) is 4.74 Å². The van der Waals surface area contributed by atoms with E-state index in [-0.39, 0.29) is 6.61 Å². The van der Waals surface area contributed by atoms with Crippen LogP contribution in [0.25, 0.3) is 0 Å². The first kappa shape index (κ1) is 16.4. The van der Waals surface area contributed by atoms with Crippen LogP contribution in [0.5, 0.6) is 0 Å². The second-order valence-corrected chi connectivity index (χ2v) is 6.18. The summed E-state index contributed by atoms with van der Waals surface area (Å²) in [5.41, 5.74) is 0.461. The summed E-state index contributed by atoms with van der Waals surface area (Å²) >= 11 is 3.73. The van der Waals surface area contributed by atoms with Crippen LogP contribution in [0.3, 0.4) is 0 Å². The molecule has 0 atom stereocenters. The normalized spacial score (nSPS) is 20.0. The van der Waals surface area contributed by atoms with Gasteiger partial charge in [0.05, 0.1) is 19.8 Å². The van der Waals surface area contributed by atoms with Crippen molar-refractivity contribution in [2.75, 3.05) is 45.3 Å². The molecule has 1 aliphatic carbocycles. The van der Waals surface area contributed by atoms with E-state index in [0.29, 0.717) is 12.0 Å². The molecule has 1 aliphatic rings. The predicted molar refractivity (Wildman–Crippen MR) is 79.3 cm³/mol. The van der Waals surface area contributed by atoms with E-state index in [1.807, 2.05) is 0 Å². The van der Waals surface area contributed by atoms with Crippen molar-refractivity contribution in [2.24, 2.45) is 5.41 Å². The molecule has 1 saturated carbocycles. The van der Waals surface area contributed by atoms with E-state index < -0.39 is 0 Å². The number of ether oxygens (including phenoxy) is 1. The minimum Gasteiger partial charge on any atom is -0.394 e. The summed E-state index contributed by atoms with van der Waals surface area (Å²) in [6.45, 7) is 3.40. The predicted octanol–water partition coefficient (Wildman–Crippen LogP) is 2.66. The van der Waals surface area contributed by atoms with E-state index in [1.165, 1.54) is 38.5 Å². The van der Waals surface area contributed by atoms with Gasteiger partial charge in [0, 0.05) is 18.4 Å². The summed E-state index contributed by atoms with van der Waals surface area (Å²) in [7, 11) is 2.18. The van der Waals surface area contributed by atoms with Crippen LogP contribution in [0.15, 0.2) is 0 Å². The molecule has 0 heterocycles. The summed E-state index contributed by atoms with van der Waals surface area (Å²) in [5, 5.41) is 9.77. The van der Waals surface area contributed by atoms with Gasteiger partial charge in [0.1, 0.15) is 0 Å². The highest BCUT2D eigenvalue weighted by molar-refractivity contribution is 9.09. The van der Waals surface area contributed by atoms with Gasteiger partial charge in [-0.2, -0.15) is 0 Å². The number of hydrogen-bond donors (Lipinski definition) is 1. The van der Waals surface area contributed by atoms with Crippen LogP contribution in [0.4, 0.5) is 0 Å². The second kappa shape index (κ2) is 9.29. The van der Waals surface area contributed by atoms with Crippen molar-refractivity contribution in [1.82, 2.24) is 4.90 Å². The maximum Gasteiger partial charge on any atom is 0.0698 e. The Bertz CT molecular complexity index is 206. The van der Waals surface area contributed by atoms with Crippen LogP contribution in [-0.4, -0.2) is 55.3 Å². The Hall–Kier alpha value is 0.360. The molecule has 4 heteroatoms. The molecular weight excluding hydrogens is 294 g/mol. The minimum absolute atomic E-state index is 0.120. The van der Waals surface area contributed by atoms with Crippen molar-refractivity contribution >= 4 is 15.9 Å². The van der Waals surface area contributed by atoms with Gasteiger partial charge in [-0.25, -0.2) is 0 Å². The van der Waals surface area contributed by atoms with Gasteiger partial charge in [-0.1, -0.05) is 41.6 Å². The van der Waals surface area contributed by atoms with E-state index in [2.05, 4.69) is 27.9 Å². The van der Waals surface area contributed by atoms with Gasteiger partial charge < -0.3 is 14.7 Å². The number of aliphatic hydroxyl groups excluding tert-OH is 1. The van der Waals surface area contributed by atoms with Crippen LogP contribution < -0.4 is 0 Å². The Balaban J connectivity index is 2.31. The number of alkyl halides is 1. The van der Waals surface area contributed by atoms with Crippen molar-refractivity contribution in [1.29, 1.82) is 0 Å². The number of likely N-dealkylation sites (N-methyl/N-ethyl adjacent to an activating group) is 1. The zero-order chi connectivity index (χ0) is 13.3. The number of hydrogen-bond acceptors (Lipinski definition) is 3. The summed E-state index contributed by atoms with van der Waals surface area (Å²) in [4.78, 5) is 2.38. The number of halogens is 1. The van der Waals surface area contributed by atoms with E-state index in [9.17, 15) is 0 Å². The molecule has 0 aromatic carbocycles. The Kier molecular flexibility index (Phi) is 8.47. The fraction of sp³-hybridized carbons (Fsp3) is 1.00. The Morgan fingerprint density at radius 2 is 1.83 bits per heavy atom. The molecule has 108 valence electrons. The number of rotatable bonds is 8. The molecule has 1 N–H and O–H groups in total. The first-order valence-electron chi connectivity index (χ1n) is 7.15. The summed E-state index contributed by atoms with van der Waals surface area (Å²) in [5.74, 6) is 0. The fourth-order valence-electron chi connectivity index (χ4n) is 2.85.